The molecule has 29 heteroatoms. The van der Waals surface area contributed by atoms with Gasteiger partial charge in [0.05, 0.1) is 64.9 Å². The van der Waals surface area contributed by atoms with Crippen LogP contribution in [0.15, 0.2) is 85.0 Å². The number of aliphatic hydroxyl groups is 4. The molecule has 2 aromatic carbocycles. The van der Waals surface area contributed by atoms with Crippen LogP contribution in [0.2, 0.25) is 0 Å². The molecular weight excluding hydrogens is 1200 g/mol. The van der Waals surface area contributed by atoms with E-state index in [-0.39, 0.29) is 59.7 Å². The molecule has 0 saturated carbocycles. The molecule has 0 bridgehead atoms. The van der Waals surface area contributed by atoms with Gasteiger partial charge in [0.15, 0.2) is 0 Å². The molecule has 0 aromatic heterocycles. The number of hydrogen-bond donors (Lipinski definition) is 4. The molecule has 0 heterocycles. The highest BCUT2D eigenvalue weighted by atomic mass is 16.6. The van der Waals surface area contributed by atoms with Crippen LogP contribution in [0.1, 0.15) is 124 Å². The van der Waals surface area contributed by atoms with Crippen molar-refractivity contribution in [2.45, 2.75) is 111 Å². The molecule has 90 heavy (non-hydrogen) atoms. The topological polar surface area (TPSA) is 398 Å². The van der Waals surface area contributed by atoms with Crippen molar-refractivity contribution in [3.8, 4) is 0 Å². The summed E-state index contributed by atoms with van der Waals surface area (Å²) in [4.78, 5) is 139. The predicted molar refractivity (Wildman–Crippen MR) is 308 cm³/mol. The first kappa shape index (κ1) is 77.4. The minimum absolute atomic E-state index is 0.0337. The molecule has 496 valence electrons. The van der Waals surface area contributed by atoms with Crippen molar-refractivity contribution in [1.29, 1.82) is 0 Å². The maximum Gasteiger partial charge on any atom is 0.339 e. The van der Waals surface area contributed by atoms with Gasteiger partial charge in [0, 0.05) is 28.7 Å². The second-order valence-electron chi connectivity index (χ2n) is 20.1. The maximum absolute atomic E-state index is 13.6. The molecule has 0 saturated heterocycles. The highest BCUT2D eigenvalue weighted by Crippen LogP contribution is 2.20. The van der Waals surface area contributed by atoms with E-state index in [0.29, 0.717) is 0 Å². The Labute approximate surface area is 518 Å². The third kappa shape index (κ3) is 29.5. The molecule has 0 radical (unpaired) electrons. The highest BCUT2D eigenvalue weighted by molar-refractivity contribution is 6.06. The van der Waals surface area contributed by atoms with Crippen molar-refractivity contribution in [2.24, 2.45) is 0 Å². The van der Waals surface area contributed by atoms with Crippen LogP contribution in [0.4, 0.5) is 0 Å². The van der Waals surface area contributed by atoms with Gasteiger partial charge in [-0.2, -0.15) is 0 Å². The van der Waals surface area contributed by atoms with E-state index in [0.717, 1.165) is 36.4 Å². The third-order valence-corrected chi connectivity index (χ3v) is 11.3. The number of esters is 11. The molecule has 4 N–H and O–H groups in total. The molecule has 0 aliphatic rings. The predicted octanol–water partition coefficient (Wildman–Crippen LogP) is 2.79. The Morgan fingerprint density at radius 1 is 0.356 bits per heavy atom. The summed E-state index contributed by atoms with van der Waals surface area (Å²) < 4.78 is 74.1. The summed E-state index contributed by atoms with van der Waals surface area (Å²) in [6.07, 6.45) is -9.46. The second kappa shape index (κ2) is 40.0. The zero-order chi connectivity index (χ0) is 67.8. The van der Waals surface area contributed by atoms with Gasteiger partial charge in [-0.05, 0) is 84.9 Å². The standard InChI is InChI=1S/C61H78O29/c1-13-51(66)79-22-39(12)90-46(31-77-37(10)20-80-58(73)47-16-14-40(56(71)86-27-42(62)23-82-52(67)33(2)3)18-49(47)60(75)88-29-44(64)25-84-54(69)35(6)7)32-78-38(11)21-81-59(74)48-17-15-41(57(72)87-28-43(63)24-83-53(68)34(4)5)19-50(48)61(76)89-30-45(65)26-85-55(70)36(8)9/h14-19,37-39,42-46,62-65H,2,4,6,8,13,20-32H2,1,3,5,7,9-12H3. The number of carbonyl (C=O) groups is 11. The van der Waals surface area contributed by atoms with Crippen LogP contribution in [0.25, 0.3) is 0 Å². The largest absolute Gasteiger partial charge is 0.463 e. The van der Waals surface area contributed by atoms with Gasteiger partial charge in [-0.15, -0.1) is 0 Å². The van der Waals surface area contributed by atoms with Crippen molar-refractivity contribution >= 4 is 65.7 Å². The van der Waals surface area contributed by atoms with Crippen molar-refractivity contribution in [2.75, 3.05) is 85.9 Å². The van der Waals surface area contributed by atoms with Gasteiger partial charge >= 0.3 is 65.7 Å². The first-order chi connectivity index (χ1) is 42.3. The summed E-state index contributed by atoms with van der Waals surface area (Å²) >= 11 is 0. The van der Waals surface area contributed by atoms with Crippen LogP contribution in [0.3, 0.4) is 0 Å². The van der Waals surface area contributed by atoms with E-state index in [1.165, 1.54) is 41.5 Å². The van der Waals surface area contributed by atoms with E-state index in [4.69, 9.17) is 66.3 Å². The smallest absolute Gasteiger partial charge is 0.339 e. The summed E-state index contributed by atoms with van der Waals surface area (Å²) in [5.74, 6) is -10.7. The van der Waals surface area contributed by atoms with Crippen molar-refractivity contribution in [1.82, 2.24) is 0 Å². The van der Waals surface area contributed by atoms with Crippen LogP contribution < -0.4 is 0 Å². The maximum atomic E-state index is 13.6. The number of benzene rings is 2. The fourth-order valence-corrected chi connectivity index (χ4v) is 6.41. The van der Waals surface area contributed by atoms with Gasteiger partial charge in [-0.3, -0.25) is 4.79 Å². The Balaban J connectivity index is 2.28. The molecule has 2 rings (SSSR count). The molecule has 0 spiro atoms. The zero-order valence-electron chi connectivity index (χ0n) is 51.3. The SMILES string of the molecule is C=C(C)C(=O)OCC(O)COC(=O)c1ccc(C(=O)OCC(C)OCC(COC(C)COC(=O)c2ccc(C(=O)OCC(O)COC(=O)C(=C)C)cc2C(=O)OCC(O)COC(=O)C(=C)C)OC(C)COC(=O)CC)c(C(=O)OCC(O)COC(=O)C(=C)C)c1. The molecule has 0 fully saturated rings. The summed E-state index contributed by atoms with van der Waals surface area (Å²) in [7, 11) is 0. The number of rotatable bonds is 41. The lowest BCUT2D eigenvalue weighted by molar-refractivity contribution is -0.154. The van der Waals surface area contributed by atoms with Crippen molar-refractivity contribution < 1.29 is 139 Å². The van der Waals surface area contributed by atoms with Crippen LogP contribution in [-0.4, -0.2) is 221 Å². The number of carbonyl (C=O) groups excluding carboxylic acids is 11. The molecule has 7 atom stereocenters. The number of hydrogen-bond acceptors (Lipinski definition) is 29. The van der Waals surface area contributed by atoms with Crippen molar-refractivity contribution in [3.63, 3.8) is 0 Å². The van der Waals surface area contributed by atoms with Gasteiger partial charge in [0.25, 0.3) is 0 Å². The minimum atomic E-state index is -1.54. The molecule has 7 unspecified atom stereocenters. The van der Waals surface area contributed by atoms with E-state index in [1.54, 1.807) is 13.8 Å². The monoisotopic (exact) mass is 1270 g/mol. The van der Waals surface area contributed by atoms with Crippen LogP contribution in [-0.2, 0) is 90.3 Å². The van der Waals surface area contributed by atoms with Gasteiger partial charge in [0.1, 0.15) is 103 Å². The summed E-state index contributed by atoms with van der Waals surface area (Å²) in [5, 5.41) is 41.0. The molecule has 29 nitrogen and oxygen atoms in total. The van der Waals surface area contributed by atoms with E-state index in [9.17, 15) is 73.2 Å². The van der Waals surface area contributed by atoms with Crippen LogP contribution in [0, 0.1) is 0 Å². The number of ether oxygens (including phenoxy) is 14. The average molecular weight is 1280 g/mol. The molecule has 0 aliphatic heterocycles. The molecule has 2 aromatic rings. The first-order valence-corrected chi connectivity index (χ1v) is 27.7. The molecule has 0 aliphatic carbocycles. The summed E-state index contributed by atoms with van der Waals surface area (Å²) in [5.41, 5.74) is -2.40. The Hall–Kier alpha value is -8.71. The number of aliphatic hydroxyl groups excluding tert-OH is 4. The normalized spacial score (nSPS) is 13.5. The molecular formula is C61H78O29. The van der Waals surface area contributed by atoms with E-state index < -0.39 is 203 Å². The van der Waals surface area contributed by atoms with E-state index >= 15 is 0 Å². The molecule has 0 amide bonds. The Morgan fingerprint density at radius 3 is 0.922 bits per heavy atom. The highest BCUT2D eigenvalue weighted by Gasteiger charge is 2.28. The Bertz CT molecular complexity index is 2710. The lowest BCUT2D eigenvalue weighted by atomic mass is 10.0. The minimum Gasteiger partial charge on any atom is -0.463 e. The fourth-order valence-electron chi connectivity index (χ4n) is 6.41. The lowest BCUT2D eigenvalue weighted by Crippen LogP contribution is -2.35. The van der Waals surface area contributed by atoms with Gasteiger partial charge < -0.3 is 86.7 Å². The van der Waals surface area contributed by atoms with E-state index in [1.807, 2.05) is 0 Å². The second-order valence-corrected chi connectivity index (χ2v) is 20.1. The van der Waals surface area contributed by atoms with Crippen molar-refractivity contribution in [3.05, 3.63) is 118 Å². The lowest BCUT2D eigenvalue weighted by Gasteiger charge is -2.25. The third-order valence-electron chi connectivity index (χ3n) is 11.3. The summed E-state index contributed by atoms with van der Waals surface area (Å²) in [6.45, 7) is 18.6. The fraction of sp³-hybridized carbons (Fsp3) is 0.492. The van der Waals surface area contributed by atoms with Crippen LogP contribution in [0.5, 0.6) is 0 Å². The van der Waals surface area contributed by atoms with Gasteiger partial charge in [0.2, 0.25) is 0 Å². The Kier molecular flexibility index (Phi) is 34.4. The van der Waals surface area contributed by atoms with Gasteiger partial charge in [-0.1, -0.05) is 33.2 Å². The Morgan fingerprint density at radius 2 is 0.622 bits per heavy atom. The zero-order valence-corrected chi connectivity index (χ0v) is 51.3. The van der Waals surface area contributed by atoms with E-state index in [2.05, 4.69) is 26.3 Å². The van der Waals surface area contributed by atoms with Crippen LogP contribution >= 0.6 is 0 Å². The first-order valence-electron chi connectivity index (χ1n) is 27.7. The average Bonchev–Trinajstić information content (AvgIpc) is 0.959. The summed E-state index contributed by atoms with van der Waals surface area (Å²) in [6, 6.07) is 6.14. The quantitative estimate of drug-likeness (QED) is 0.0422. The van der Waals surface area contributed by atoms with Gasteiger partial charge in [-0.25, -0.2) is 47.9 Å².